The van der Waals surface area contributed by atoms with E-state index in [-0.39, 0.29) is 6.61 Å². The molecular weight excluding hydrogens is 305 g/mol. The molecule has 0 aliphatic carbocycles. The van der Waals surface area contributed by atoms with E-state index < -0.39 is 37.1 Å². The molecule has 118 valence electrons. The van der Waals surface area contributed by atoms with Crippen molar-refractivity contribution < 1.29 is 22.5 Å². The molecule has 2 N–H and O–H groups in total. The first-order chi connectivity index (χ1) is 9.62. The maximum Gasteiger partial charge on any atom is 0.274 e. The van der Waals surface area contributed by atoms with Crippen LogP contribution in [0.25, 0.3) is 0 Å². The van der Waals surface area contributed by atoms with Gasteiger partial charge >= 0.3 is 0 Å². The van der Waals surface area contributed by atoms with Gasteiger partial charge in [0.1, 0.15) is 4.90 Å². The van der Waals surface area contributed by atoms with E-state index in [1.807, 2.05) is 19.0 Å². The molecule has 0 heterocycles. The van der Waals surface area contributed by atoms with Gasteiger partial charge in [0, 0.05) is 12.6 Å². The molecule has 1 aromatic carbocycles. The Morgan fingerprint density at radius 1 is 1.43 bits per heavy atom. The highest BCUT2D eigenvalue weighted by atomic mass is 32.2. The number of ether oxygens (including phenoxy) is 1. The highest BCUT2D eigenvalue weighted by Crippen LogP contribution is 2.31. The number of rotatable bonds is 7. The third kappa shape index (κ3) is 4.92. The van der Waals surface area contributed by atoms with Crippen LogP contribution in [0.4, 0.5) is 10.1 Å². The van der Waals surface area contributed by atoms with Gasteiger partial charge in [0.2, 0.25) is 10.0 Å². The smallest absolute Gasteiger partial charge is 0.274 e. The molecule has 0 bridgehead atoms. The van der Waals surface area contributed by atoms with Crippen LogP contribution in [-0.4, -0.2) is 45.5 Å². The minimum absolute atomic E-state index is 0.0510. The lowest BCUT2D eigenvalue weighted by Crippen LogP contribution is -2.18. The number of non-ortho nitro benzene ring substituents is 1. The molecule has 0 spiro atoms. The van der Waals surface area contributed by atoms with Crippen molar-refractivity contribution in [3.63, 3.8) is 0 Å². The summed E-state index contributed by atoms with van der Waals surface area (Å²) >= 11 is 0. The lowest BCUT2D eigenvalue weighted by Gasteiger charge is -2.13. The van der Waals surface area contributed by atoms with Gasteiger partial charge < -0.3 is 9.64 Å². The largest absolute Gasteiger partial charge is 0.489 e. The summed E-state index contributed by atoms with van der Waals surface area (Å²) in [5, 5.41) is 15.6. The molecule has 0 radical (unpaired) electrons. The predicted molar refractivity (Wildman–Crippen MR) is 73.1 cm³/mol. The SMILES string of the molecule is CN(C)CCCOc1c(F)cc([N+](=O)[O-])cc1S(N)(=O)=O. The Balaban J connectivity index is 3.10. The van der Waals surface area contributed by atoms with Crippen molar-refractivity contribution in [1.82, 2.24) is 4.90 Å². The Kier molecular flexibility index (Phi) is 5.58. The quantitative estimate of drug-likeness (QED) is 0.449. The maximum atomic E-state index is 13.8. The molecule has 0 aromatic heterocycles. The highest BCUT2D eigenvalue weighted by Gasteiger charge is 2.24. The van der Waals surface area contributed by atoms with E-state index in [2.05, 4.69) is 0 Å². The van der Waals surface area contributed by atoms with E-state index in [0.717, 1.165) is 0 Å². The van der Waals surface area contributed by atoms with Gasteiger partial charge in [0.05, 0.1) is 17.6 Å². The summed E-state index contributed by atoms with van der Waals surface area (Å²) in [6, 6.07) is 1.27. The summed E-state index contributed by atoms with van der Waals surface area (Å²) in [6.45, 7) is 0.703. The topological polar surface area (TPSA) is 116 Å². The van der Waals surface area contributed by atoms with Gasteiger partial charge in [0.15, 0.2) is 11.6 Å². The predicted octanol–water partition coefficient (Wildman–Crippen LogP) is 0.712. The number of nitrogens with zero attached hydrogens (tertiary/aromatic N) is 2. The van der Waals surface area contributed by atoms with Crippen molar-refractivity contribution in [1.29, 1.82) is 0 Å². The number of hydrogen-bond acceptors (Lipinski definition) is 6. The van der Waals surface area contributed by atoms with Crippen LogP contribution in [0.15, 0.2) is 17.0 Å². The molecule has 0 aliphatic rings. The van der Waals surface area contributed by atoms with E-state index in [4.69, 9.17) is 9.88 Å². The van der Waals surface area contributed by atoms with Crippen molar-refractivity contribution in [2.75, 3.05) is 27.2 Å². The van der Waals surface area contributed by atoms with Crippen LogP contribution in [0.2, 0.25) is 0 Å². The Hall–Kier alpha value is -1.78. The summed E-state index contributed by atoms with van der Waals surface area (Å²) in [5.41, 5.74) is -0.711. The number of nitro benzene ring substituents is 1. The molecule has 0 saturated heterocycles. The van der Waals surface area contributed by atoms with Gasteiger partial charge in [-0.1, -0.05) is 0 Å². The molecular formula is C11H16FN3O5S. The minimum atomic E-state index is -4.35. The van der Waals surface area contributed by atoms with Crippen molar-refractivity contribution in [2.45, 2.75) is 11.3 Å². The molecule has 0 atom stereocenters. The first kappa shape index (κ1) is 17.3. The standard InChI is InChI=1S/C11H16FN3O5S/c1-14(2)4-3-5-20-11-9(12)6-8(15(16)17)7-10(11)21(13,18)19/h6-7H,3-5H2,1-2H3,(H2,13,18,19). The van der Waals surface area contributed by atoms with Crippen LogP contribution in [0.3, 0.4) is 0 Å². The Bertz CT molecular complexity index is 633. The zero-order chi connectivity index (χ0) is 16.2. The van der Waals surface area contributed by atoms with Crippen LogP contribution >= 0.6 is 0 Å². The third-order valence-corrected chi connectivity index (χ3v) is 3.42. The number of halogens is 1. The molecule has 1 aromatic rings. The fraction of sp³-hybridized carbons (Fsp3) is 0.455. The Morgan fingerprint density at radius 3 is 2.52 bits per heavy atom. The first-order valence-corrected chi connectivity index (χ1v) is 7.46. The Morgan fingerprint density at radius 2 is 2.05 bits per heavy atom. The molecule has 10 heteroatoms. The monoisotopic (exact) mass is 321 g/mol. The van der Waals surface area contributed by atoms with Crippen molar-refractivity contribution in [3.05, 3.63) is 28.1 Å². The Labute approximate surface area is 121 Å². The van der Waals surface area contributed by atoms with E-state index in [1.54, 1.807) is 0 Å². The molecule has 0 aliphatic heterocycles. The molecule has 21 heavy (non-hydrogen) atoms. The number of hydrogen-bond donors (Lipinski definition) is 1. The number of sulfonamides is 1. The summed E-state index contributed by atoms with van der Waals surface area (Å²) in [5.74, 6) is -1.74. The summed E-state index contributed by atoms with van der Waals surface area (Å²) in [6.07, 6.45) is 0.521. The number of primary sulfonamides is 1. The zero-order valence-corrected chi connectivity index (χ0v) is 12.4. The second kappa shape index (κ2) is 6.78. The van der Waals surface area contributed by atoms with Crippen molar-refractivity contribution in [2.24, 2.45) is 5.14 Å². The van der Waals surface area contributed by atoms with Gasteiger partial charge in [-0.3, -0.25) is 10.1 Å². The summed E-state index contributed by atoms with van der Waals surface area (Å²) < 4.78 is 41.8. The highest BCUT2D eigenvalue weighted by molar-refractivity contribution is 7.89. The van der Waals surface area contributed by atoms with Gasteiger partial charge in [0.25, 0.3) is 5.69 Å². The van der Waals surface area contributed by atoms with Crippen LogP contribution in [0.1, 0.15) is 6.42 Å². The number of nitro groups is 1. The molecule has 1 rings (SSSR count). The fourth-order valence-corrected chi connectivity index (χ4v) is 2.27. The van der Waals surface area contributed by atoms with Gasteiger partial charge in [-0.15, -0.1) is 0 Å². The zero-order valence-electron chi connectivity index (χ0n) is 11.6. The van der Waals surface area contributed by atoms with Gasteiger partial charge in [-0.25, -0.2) is 17.9 Å². The third-order valence-electron chi connectivity index (χ3n) is 2.51. The summed E-state index contributed by atoms with van der Waals surface area (Å²) in [4.78, 5) is 10.9. The summed E-state index contributed by atoms with van der Waals surface area (Å²) in [7, 11) is -0.674. The maximum absolute atomic E-state index is 13.8. The second-order valence-electron chi connectivity index (χ2n) is 4.56. The fourth-order valence-electron chi connectivity index (χ4n) is 1.57. The average Bonchev–Trinajstić information content (AvgIpc) is 2.33. The van der Waals surface area contributed by atoms with Crippen LogP contribution < -0.4 is 9.88 Å². The van der Waals surface area contributed by atoms with E-state index in [1.165, 1.54) is 0 Å². The van der Waals surface area contributed by atoms with E-state index in [0.29, 0.717) is 25.1 Å². The normalized spacial score (nSPS) is 11.7. The molecule has 8 nitrogen and oxygen atoms in total. The lowest BCUT2D eigenvalue weighted by atomic mass is 10.3. The molecule has 0 unspecified atom stereocenters. The van der Waals surface area contributed by atoms with Crippen LogP contribution in [0.5, 0.6) is 5.75 Å². The van der Waals surface area contributed by atoms with Crippen molar-refractivity contribution in [3.8, 4) is 5.75 Å². The number of nitrogens with two attached hydrogens (primary N) is 1. The molecule has 0 fully saturated rings. The lowest BCUT2D eigenvalue weighted by molar-refractivity contribution is -0.385. The van der Waals surface area contributed by atoms with Gasteiger partial charge in [-0.05, 0) is 20.5 Å². The average molecular weight is 321 g/mol. The van der Waals surface area contributed by atoms with E-state index in [9.17, 15) is 22.9 Å². The number of benzene rings is 1. The van der Waals surface area contributed by atoms with E-state index >= 15 is 0 Å². The molecule has 0 amide bonds. The molecule has 0 saturated carbocycles. The van der Waals surface area contributed by atoms with Gasteiger partial charge in [-0.2, -0.15) is 0 Å². The first-order valence-electron chi connectivity index (χ1n) is 5.91. The second-order valence-corrected chi connectivity index (χ2v) is 6.09. The minimum Gasteiger partial charge on any atom is -0.489 e. The van der Waals surface area contributed by atoms with Crippen LogP contribution in [-0.2, 0) is 10.0 Å². The van der Waals surface area contributed by atoms with Crippen molar-refractivity contribution >= 4 is 15.7 Å². The van der Waals surface area contributed by atoms with Crippen LogP contribution in [0, 0.1) is 15.9 Å².